The molecule has 0 aliphatic rings. The number of nitrogens with zero attached hydrogens (tertiary/aromatic N) is 11. The first kappa shape index (κ1) is 35.5. The van der Waals surface area contributed by atoms with Gasteiger partial charge in [-0.2, -0.15) is 0 Å². The van der Waals surface area contributed by atoms with Crippen molar-refractivity contribution in [2.45, 2.75) is 27.7 Å². The molecule has 0 aliphatic heterocycles. The fraction of sp³-hybridized carbons (Fsp3) is 0.0833. The molecule has 59 heavy (non-hydrogen) atoms. The summed E-state index contributed by atoms with van der Waals surface area (Å²) in [6, 6.07) is 45.0. The van der Waals surface area contributed by atoms with Crippen molar-refractivity contribution in [3.63, 3.8) is 0 Å². The molecule has 0 unspecified atom stereocenters. The molecule has 11 heteroatoms. The van der Waals surface area contributed by atoms with Crippen LogP contribution in [0.4, 0.5) is 0 Å². The van der Waals surface area contributed by atoms with E-state index in [9.17, 15) is 0 Å². The van der Waals surface area contributed by atoms with Crippen LogP contribution < -0.4 is 0 Å². The van der Waals surface area contributed by atoms with Gasteiger partial charge in [-0.3, -0.25) is 4.98 Å². The number of aryl methyl sites for hydroxylation is 4. The number of hydrogen-bond donors (Lipinski definition) is 0. The van der Waals surface area contributed by atoms with E-state index in [1.165, 1.54) is 0 Å². The average Bonchev–Trinajstić information content (AvgIpc) is 3.59. The molecule has 10 rings (SSSR count). The Hall–Kier alpha value is -7.92. The summed E-state index contributed by atoms with van der Waals surface area (Å²) >= 11 is 0. The molecule has 0 radical (unpaired) electrons. The van der Waals surface area contributed by atoms with Gasteiger partial charge < -0.3 is 4.57 Å². The molecule has 0 bridgehead atoms. The minimum Gasteiger partial charge on any atom is -0.308 e. The zero-order chi connectivity index (χ0) is 40.0. The molecule has 0 amide bonds. The Morgan fingerprint density at radius 1 is 0.356 bits per heavy atom. The number of hydrogen-bond acceptors (Lipinski definition) is 10. The van der Waals surface area contributed by atoms with Gasteiger partial charge in [-0.05, 0) is 64.1 Å². The normalized spacial score (nSPS) is 11.4. The fourth-order valence-electron chi connectivity index (χ4n) is 7.58. The second-order valence-corrected chi connectivity index (χ2v) is 14.3. The Morgan fingerprint density at radius 3 is 1.31 bits per heavy atom. The van der Waals surface area contributed by atoms with Gasteiger partial charge in [0.25, 0.3) is 0 Å². The van der Waals surface area contributed by atoms with E-state index in [4.69, 9.17) is 39.9 Å². The summed E-state index contributed by atoms with van der Waals surface area (Å²) in [7, 11) is 0. The van der Waals surface area contributed by atoms with Crippen LogP contribution in [0.3, 0.4) is 0 Å². The van der Waals surface area contributed by atoms with Crippen molar-refractivity contribution in [1.29, 1.82) is 0 Å². The monoisotopic (exact) mass is 765 g/mol. The summed E-state index contributed by atoms with van der Waals surface area (Å²) in [5.74, 6) is 5.49. The van der Waals surface area contributed by atoms with Gasteiger partial charge in [-0.25, -0.2) is 44.9 Å². The second kappa shape index (κ2) is 14.5. The van der Waals surface area contributed by atoms with E-state index >= 15 is 0 Å². The summed E-state index contributed by atoms with van der Waals surface area (Å²) < 4.78 is 2.27. The third kappa shape index (κ3) is 6.74. The van der Waals surface area contributed by atoms with Crippen LogP contribution in [0.2, 0.25) is 0 Å². The highest BCUT2D eigenvalue weighted by atomic mass is 15.1. The molecule has 282 valence electrons. The van der Waals surface area contributed by atoms with Crippen LogP contribution in [-0.4, -0.2) is 54.4 Å². The van der Waals surface area contributed by atoms with E-state index in [-0.39, 0.29) is 0 Å². The molecule has 0 N–H and O–H groups in total. The van der Waals surface area contributed by atoms with E-state index in [1.807, 2.05) is 107 Å². The van der Waals surface area contributed by atoms with Gasteiger partial charge in [0.05, 0.1) is 22.4 Å². The maximum Gasteiger partial charge on any atom is 0.166 e. The van der Waals surface area contributed by atoms with Crippen LogP contribution in [0, 0.1) is 27.7 Å². The largest absolute Gasteiger partial charge is 0.308 e. The number of fused-ring (bicyclic) bond motifs is 3. The lowest BCUT2D eigenvalue weighted by molar-refractivity contribution is 0.928. The van der Waals surface area contributed by atoms with Crippen LogP contribution in [0.25, 0.3) is 95.7 Å². The van der Waals surface area contributed by atoms with Gasteiger partial charge in [0.15, 0.2) is 29.1 Å². The number of benzene rings is 5. The number of pyridine rings is 1. The van der Waals surface area contributed by atoms with Gasteiger partial charge in [0.2, 0.25) is 0 Å². The Kier molecular flexibility index (Phi) is 8.75. The zero-order valence-electron chi connectivity index (χ0n) is 32.7. The molecule has 10 aromatic rings. The summed E-state index contributed by atoms with van der Waals surface area (Å²) in [4.78, 5) is 48.0. The molecule has 0 atom stereocenters. The molecular weight excluding hydrogens is 731 g/mol. The van der Waals surface area contributed by atoms with E-state index in [0.717, 1.165) is 66.6 Å². The van der Waals surface area contributed by atoms with Crippen molar-refractivity contribution in [2.24, 2.45) is 0 Å². The molecule has 0 aliphatic carbocycles. The van der Waals surface area contributed by atoms with Gasteiger partial charge in [-0.1, -0.05) is 97.1 Å². The molecular formula is C48H35N11. The Morgan fingerprint density at radius 2 is 0.814 bits per heavy atom. The van der Waals surface area contributed by atoms with Crippen molar-refractivity contribution in [3.05, 3.63) is 163 Å². The summed E-state index contributed by atoms with van der Waals surface area (Å²) in [6.07, 6.45) is 1.80. The smallest absolute Gasteiger partial charge is 0.166 e. The Bertz CT molecular complexity index is 2990. The highest BCUT2D eigenvalue weighted by molar-refractivity contribution is 6.11. The van der Waals surface area contributed by atoms with Crippen LogP contribution in [0.1, 0.15) is 23.3 Å². The number of rotatable bonds is 7. The van der Waals surface area contributed by atoms with E-state index in [1.54, 1.807) is 6.20 Å². The van der Waals surface area contributed by atoms with E-state index in [2.05, 4.69) is 69.1 Å². The first-order valence-electron chi connectivity index (χ1n) is 19.3. The molecule has 0 spiro atoms. The van der Waals surface area contributed by atoms with Gasteiger partial charge in [0.1, 0.15) is 23.3 Å². The highest BCUT2D eigenvalue weighted by Gasteiger charge is 2.22. The molecule has 0 fully saturated rings. The molecule has 0 saturated carbocycles. The zero-order valence-corrected chi connectivity index (χ0v) is 32.7. The van der Waals surface area contributed by atoms with Crippen molar-refractivity contribution in [2.75, 3.05) is 0 Å². The first-order valence-corrected chi connectivity index (χ1v) is 19.3. The third-order valence-corrected chi connectivity index (χ3v) is 10.1. The number of aromatic nitrogens is 11. The second-order valence-electron chi connectivity index (χ2n) is 14.3. The molecule has 5 heterocycles. The lowest BCUT2D eigenvalue weighted by Crippen LogP contribution is -2.04. The topological polar surface area (TPSA) is 134 Å². The van der Waals surface area contributed by atoms with Crippen LogP contribution in [0.15, 0.2) is 140 Å². The molecule has 0 saturated heterocycles. The van der Waals surface area contributed by atoms with Crippen LogP contribution >= 0.6 is 0 Å². The first-order chi connectivity index (χ1) is 28.8. The van der Waals surface area contributed by atoms with Crippen molar-refractivity contribution < 1.29 is 0 Å². The van der Waals surface area contributed by atoms with Crippen molar-refractivity contribution in [3.8, 4) is 73.9 Å². The van der Waals surface area contributed by atoms with E-state index in [0.29, 0.717) is 52.4 Å². The third-order valence-electron chi connectivity index (χ3n) is 10.1. The van der Waals surface area contributed by atoms with Crippen LogP contribution in [-0.2, 0) is 0 Å². The minimum absolute atomic E-state index is 0.514. The van der Waals surface area contributed by atoms with Gasteiger partial charge in [-0.15, -0.1) is 0 Å². The maximum atomic E-state index is 5.22. The van der Waals surface area contributed by atoms with Crippen LogP contribution in [0.5, 0.6) is 0 Å². The quantitative estimate of drug-likeness (QED) is 0.154. The lowest BCUT2D eigenvalue weighted by Gasteiger charge is -2.16. The summed E-state index contributed by atoms with van der Waals surface area (Å²) in [6.45, 7) is 7.55. The standard InChI is InChI=1S/C48H35N11/c1-28-50-29(2)53-46(52-28)35-18-21-37-38-22-19-36(47-54-30(3)51-31(4)55-47)27-43(38)59(42(37)26-35)41-23-20-34(40-17-11-12-24-49-40)25-39(41)48-57-44(32-13-7-5-8-14-32)56-45(58-48)33-15-9-6-10-16-33/h5-27H,1-4H3. The minimum atomic E-state index is 0.514. The van der Waals surface area contributed by atoms with Gasteiger partial charge >= 0.3 is 0 Å². The van der Waals surface area contributed by atoms with Crippen molar-refractivity contribution >= 4 is 21.8 Å². The molecule has 5 aromatic heterocycles. The average molecular weight is 766 g/mol. The SMILES string of the molecule is Cc1nc(C)nc(-c2ccc3c4ccc(-c5nc(C)nc(C)n5)cc4n(-c4ccc(-c5ccccn5)cc4-c4nc(-c5ccccc5)nc(-c5ccccc5)n4)c3c2)n1. The highest BCUT2D eigenvalue weighted by Crippen LogP contribution is 2.40. The molecule has 5 aromatic carbocycles. The lowest BCUT2D eigenvalue weighted by atomic mass is 10.0. The Labute approximate surface area is 339 Å². The predicted octanol–water partition coefficient (Wildman–Crippen LogP) is 9.97. The van der Waals surface area contributed by atoms with Gasteiger partial charge in [0, 0.05) is 50.4 Å². The maximum absolute atomic E-state index is 5.22. The summed E-state index contributed by atoms with van der Waals surface area (Å²) in [5.41, 5.74) is 8.78. The fourth-order valence-corrected chi connectivity index (χ4v) is 7.58. The predicted molar refractivity (Wildman–Crippen MR) is 230 cm³/mol. The Balaban J connectivity index is 1.31. The van der Waals surface area contributed by atoms with Crippen molar-refractivity contribution in [1.82, 2.24) is 54.4 Å². The summed E-state index contributed by atoms with van der Waals surface area (Å²) in [5, 5.41) is 2.09. The van der Waals surface area contributed by atoms with E-state index < -0.39 is 0 Å². The molecule has 11 nitrogen and oxygen atoms in total.